The van der Waals surface area contributed by atoms with Crippen molar-refractivity contribution in [3.05, 3.63) is 0 Å². The Kier molecular flexibility index (Phi) is 4.03. The lowest BCUT2D eigenvalue weighted by molar-refractivity contribution is -0.141. The quantitative estimate of drug-likeness (QED) is 0.443. The molecule has 0 bridgehead atoms. The summed E-state index contributed by atoms with van der Waals surface area (Å²) >= 11 is 0. The first-order valence-electron chi connectivity index (χ1n) is 2.21. The van der Waals surface area contributed by atoms with E-state index in [0.29, 0.717) is 0 Å². The summed E-state index contributed by atoms with van der Waals surface area (Å²) < 4.78 is 8.15. The standard InChI is InChI=1S/C3H7BO5/c1-8-2-3(5)9-4(6)7/h6-7H,2H2,1H3. The molecule has 6 heteroatoms. The highest BCUT2D eigenvalue weighted by atomic mass is 16.7. The summed E-state index contributed by atoms with van der Waals surface area (Å²) in [5.74, 6) is -0.813. The van der Waals surface area contributed by atoms with Crippen molar-refractivity contribution in [1.29, 1.82) is 0 Å². The van der Waals surface area contributed by atoms with Gasteiger partial charge in [-0.15, -0.1) is 0 Å². The Labute approximate surface area is 52.4 Å². The highest BCUT2D eigenvalue weighted by molar-refractivity contribution is 6.35. The van der Waals surface area contributed by atoms with Gasteiger partial charge < -0.3 is 19.4 Å². The molecule has 0 aliphatic carbocycles. The third-order valence-corrected chi connectivity index (χ3v) is 0.499. The number of methoxy groups -OCH3 is 1. The fourth-order valence-electron chi connectivity index (χ4n) is 0.269. The number of hydrogen-bond acceptors (Lipinski definition) is 5. The van der Waals surface area contributed by atoms with Crippen molar-refractivity contribution >= 4 is 13.3 Å². The van der Waals surface area contributed by atoms with Crippen LogP contribution in [0, 0.1) is 0 Å². The van der Waals surface area contributed by atoms with E-state index in [1.54, 1.807) is 0 Å². The summed E-state index contributed by atoms with van der Waals surface area (Å²) in [5.41, 5.74) is 0. The molecule has 0 aliphatic heterocycles. The number of rotatable bonds is 3. The SMILES string of the molecule is COCC(=O)OB(O)O. The van der Waals surface area contributed by atoms with Crippen LogP contribution in [0.4, 0.5) is 0 Å². The second-order valence-corrected chi connectivity index (χ2v) is 1.25. The van der Waals surface area contributed by atoms with Crippen molar-refractivity contribution in [1.82, 2.24) is 0 Å². The Bertz CT molecular complexity index is 92.2. The summed E-state index contributed by atoms with van der Waals surface area (Å²) in [6, 6.07) is 0. The largest absolute Gasteiger partial charge is 0.709 e. The molecule has 0 unspecified atom stereocenters. The first-order chi connectivity index (χ1) is 4.16. The normalized spacial score (nSPS) is 8.78. The zero-order chi connectivity index (χ0) is 7.28. The smallest absolute Gasteiger partial charge is 0.483 e. The molecule has 0 aromatic carbocycles. The maximum Gasteiger partial charge on any atom is 0.709 e. The predicted molar refractivity (Wildman–Crippen MR) is 28.2 cm³/mol. The molecule has 0 amide bonds. The van der Waals surface area contributed by atoms with Crippen LogP contribution >= 0.6 is 0 Å². The van der Waals surface area contributed by atoms with Crippen LogP contribution < -0.4 is 0 Å². The zero-order valence-corrected chi connectivity index (χ0v) is 4.90. The van der Waals surface area contributed by atoms with Gasteiger partial charge in [-0.1, -0.05) is 0 Å². The Morgan fingerprint density at radius 2 is 2.22 bits per heavy atom. The highest BCUT2D eigenvalue weighted by Crippen LogP contribution is 1.78. The molecule has 0 atom stereocenters. The molecule has 0 saturated heterocycles. The number of carbonyl (C=O) groups is 1. The van der Waals surface area contributed by atoms with Crippen LogP contribution in [0.3, 0.4) is 0 Å². The summed E-state index contributed by atoms with van der Waals surface area (Å²) in [6.45, 7) is -0.280. The van der Waals surface area contributed by atoms with Gasteiger partial charge in [0.15, 0.2) is 0 Å². The summed E-state index contributed by atoms with van der Waals surface area (Å²) in [7, 11) is -0.752. The maximum absolute atomic E-state index is 10.2. The van der Waals surface area contributed by atoms with E-state index in [1.165, 1.54) is 7.11 Å². The van der Waals surface area contributed by atoms with Crippen molar-refractivity contribution in [2.75, 3.05) is 13.7 Å². The summed E-state index contributed by atoms with van der Waals surface area (Å²) in [6.07, 6.45) is 0. The molecule has 0 aromatic rings. The van der Waals surface area contributed by atoms with E-state index in [2.05, 4.69) is 9.39 Å². The fourth-order valence-corrected chi connectivity index (χ4v) is 0.269. The van der Waals surface area contributed by atoms with Crippen LogP contribution in [-0.2, 0) is 14.2 Å². The third kappa shape index (κ3) is 5.28. The molecular weight excluding hydrogens is 127 g/mol. The van der Waals surface area contributed by atoms with Gasteiger partial charge in [0.1, 0.15) is 6.61 Å². The number of carbonyl (C=O) groups excluding carboxylic acids is 1. The van der Waals surface area contributed by atoms with Crippen molar-refractivity contribution in [2.45, 2.75) is 0 Å². The lowest BCUT2D eigenvalue weighted by Crippen LogP contribution is -2.24. The fraction of sp³-hybridized carbons (Fsp3) is 0.667. The molecule has 0 radical (unpaired) electrons. The van der Waals surface area contributed by atoms with E-state index >= 15 is 0 Å². The second kappa shape index (κ2) is 4.31. The Hall–Kier alpha value is -0.585. The van der Waals surface area contributed by atoms with Gasteiger partial charge in [-0.05, 0) is 0 Å². The van der Waals surface area contributed by atoms with Crippen LogP contribution in [0.5, 0.6) is 0 Å². The monoisotopic (exact) mass is 134 g/mol. The molecule has 9 heavy (non-hydrogen) atoms. The lowest BCUT2D eigenvalue weighted by Gasteiger charge is -1.99. The van der Waals surface area contributed by atoms with Crippen molar-refractivity contribution in [3.8, 4) is 0 Å². The van der Waals surface area contributed by atoms with Crippen molar-refractivity contribution < 1.29 is 24.2 Å². The van der Waals surface area contributed by atoms with Crippen LogP contribution in [-0.4, -0.2) is 37.1 Å². The van der Waals surface area contributed by atoms with Gasteiger partial charge >= 0.3 is 13.3 Å². The molecule has 0 saturated carbocycles. The van der Waals surface area contributed by atoms with Crippen molar-refractivity contribution in [3.63, 3.8) is 0 Å². The average Bonchev–Trinajstić information content (AvgIpc) is 1.63. The van der Waals surface area contributed by atoms with Gasteiger partial charge in [0.05, 0.1) is 0 Å². The Morgan fingerprint density at radius 3 is 2.56 bits per heavy atom. The van der Waals surface area contributed by atoms with Crippen LogP contribution in [0.25, 0.3) is 0 Å². The average molecular weight is 134 g/mol. The van der Waals surface area contributed by atoms with Crippen LogP contribution in [0.2, 0.25) is 0 Å². The summed E-state index contributed by atoms with van der Waals surface area (Å²) in [5, 5.41) is 16.0. The van der Waals surface area contributed by atoms with Crippen molar-refractivity contribution in [2.24, 2.45) is 0 Å². The van der Waals surface area contributed by atoms with E-state index in [0.717, 1.165) is 0 Å². The molecule has 0 spiro atoms. The molecule has 5 nitrogen and oxygen atoms in total. The van der Waals surface area contributed by atoms with E-state index in [-0.39, 0.29) is 6.61 Å². The minimum Gasteiger partial charge on any atom is -0.483 e. The highest BCUT2D eigenvalue weighted by Gasteiger charge is 2.14. The van der Waals surface area contributed by atoms with Gasteiger partial charge in [0, 0.05) is 7.11 Å². The molecular formula is C3H7BO5. The topological polar surface area (TPSA) is 76.0 Å². The number of ether oxygens (including phenoxy) is 1. The Morgan fingerprint density at radius 1 is 1.67 bits per heavy atom. The van der Waals surface area contributed by atoms with Crippen LogP contribution in [0.15, 0.2) is 0 Å². The van der Waals surface area contributed by atoms with E-state index in [1.807, 2.05) is 0 Å². The van der Waals surface area contributed by atoms with Gasteiger partial charge in [-0.25, -0.2) is 0 Å². The third-order valence-electron chi connectivity index (χ3n) is 0.499. The molecule has 0 aromatic heterocycles. The van der Waals surface area contributed by atoms with Gasteiger partial charge in [0.25, 0.3) is 0 Å². The molecule has 52 valence electrons. The number of hydrogen-bond donors (Lipinski definition) is 2. The molecule has 0 rings (SSSR count). The van der Waals surface area contributed by atoms with E-state index < -0.39 is 13.3 Å². The van der Waals surface area contributed by atoms with E-state index in [4.69, 9.17) is 10.0 Å². The first kappa shape index (κ1) is 8.41. The lowest BCUT2D eigenvalue weighted by atomic mass is 10.3. The van der Waals surface area contributed by atoms with Gasteiger partial charge in [-0.2, -0.15) is 0 Å². The van der Waals surface area contributed by atoms with E-state index in [9.17, 15) is 4.79 Å². The minimum atomic E-state index is -2.05. The van der Waals surface area contributed by atoms with Gasteiger partial charge in [0.2, 0.25) is 0 Å². The molecule has 0 aliphatic rings. The zero-order valence-electron chi connectivity index (χ0n) is 4.90. The Balaban J connectivity index is 3.27. The second-order valence-electron chi connectivity index (χ2n) is 1.25. The molecule has 2 N–H and O–H groups in total. The van der Waals surface area contributed by atoms with Gasteiger partial charge in [-0.3, -0.25) is 4.79 Å². The predicted octanol–water partition coefficient (Wildman–Crippen LogP) is -1.85. The summed E-state index contributed by atoms with van der Waals surface area (Å²) in [4.78, 5) is 10.2. The molecule has 0 heterocycles. The minimum absolute atomic E-state index is 0.280. The van der Waals surface area contributed by atoms with Crippen LogP contribution in [0.1, 0.15) is 0 Å². The molecule has 0 fully saturated rings. The first-order valence-corrected chi connectivity index (χ1v) is 2.21. The maximum atomic E-state index is 10.2.